The van der Waals surface area contributed by atoms with Crippen molar-refractivity contribution in [3.8, 4) is 5.75 Å². The molecule has 76 heavy (non-hydrogen) atoms. The Balaban J connectivity index is 2.17. The van der Waals surface area contributed by atoms with Crippen LogP contribution in [0.15, 0.2) is 54.6 Å². The molecule has 19 N–H and O–H groups in total. The first kappa shape index (κ1) is 63.9. The van der Waals surface area contributed by atoms with Gasteiger partial charge in [0, 0.05) is 12.8 Å². The lowest BCUT2D eigenvalue weighted by Gasteiger charge is -2.27. The standard InChI is InChI=1S/C48H70N12O16/c1-24(40(68)54-26(3)42(70)56-32(12-8-9-19-49)45(73)57-33(17-18-36(51)63)44(72)52-23-38(66)67)53-41(69)25(2)55-46(74)34(21-28-10-6-5-7-11-28)58-47(75)35(22-37(64)65)59-48(76)39(27(4)61)60-43(71)31(50)20-29-13-15-30(62)16-14-29/h5-7,10-11,13-16,24-27,31-35,39,61-62H,8-9,12,17-23,49-50H2,1-4H3,(H2,51,63)(H,52,72)(H,53,69)(H,54,68)(H,55,74)(H,56,70)(H,57,73)(H,58,75)(H,59,76)(H,60,71)(H,64,65)(H,66,67)/t24-,25-,26-,27+,31-,32-,33-,34-,35-,39-/m0/s1. The van der Waals surface area contributed by atoms with Gasteiger partial charge in [0.2, 0.25) is 59.1 Å². The number of nitrogens with one attached hydrogen (secondary N) is 9. The van der Waals surface area contributed by atoms with Crippen LogP contribution in [-0.4, -0.2) is 165 Å². The van der Waals surface area contributed by atoms with Crippen LogP contribution in [-0.2, 0) is 70.4 Å². The Kier molecular flexibility index (Phi) is 27.0. The van der Waals surface area contributed by atoms with Gasteiger partial charge in [-0.15, -0.1) is 0 Å². The molecule has 2 aromatic rings. The quantitative estimate of drug-likeness (QED) is 0.0297. The summed E-state index contributed by atoms with van der Waals surface area (Å²) in [4.78, 5) is 154. The minimum absolute atomic E-state index is 0.00657. The third-order valence-electron chi connectivity index (χ3n) is 11.3. The Morgan fingerprint density at radius 2 is 0.987 bits per heavy atom. The van der Waals surface area contributed by atoms with Gasteiger partial charge in [-0.25, -0.2) is 0 Å². The highest BCUT2D eigenvalue weighted by Crippen LogP contribution is 2.12. The molecule has 0 aliphatic heterocycles. The molecule has 0 aromatic heterocycles. The SMILES string of the molecule is C[C@H](NC(=O)[C@H](C)NC(=O)[C@H](Cc1ccccc1)NC(=O)[C@H](CC(=O)O)NC(=O)[C@@H](NC(=O)[C@@H](N)Cc1ccc(O)cc1)[C@@H](C)O)C(=O)N[C@@H](C)C(=O)N[C@@H](CCCCN)C(=O)N[C@@H](CCC(N)=O)C(=O)NCC(=O)O. The molecule has 0 bridgehead atoms. The highest BCUT2D eigenvalue weighted by atomic mass is 16.4. The van der Waals surface area contributed by atoms with Gasteiger partial charge in [-0.2, -0.15) is 0 Å². The number of carbonyl (C=O) groups excluding carboxylic acids is 10. The van der Waals surface area contributed by atoms with Crippen LogP contribution in [0.4, 0.5) is 0 Å². The Bertz CT molecular complexity index is 2360. The monoisotopic (exact) mass is 1070 g/mol. The second-order valence-electron chi connectivity index (χ2n) is 17.8. The van der Waals surface area contributed by atoms with Gasteiger partial charge in [-0.05, 0) is 89.6 Å². The molecule has 418 valence electrons. The van der Waals surface area contributed by atoms with Crippen molar-refractivity contribution in [2.75, 3.05) is 13.1 Å². The number of carbonyl (C=O) groups is 12. The Morgan fingerprint density at radius 3 is 1.51 bits per heavy atom. The number of aliphatic hydroxyl groups is 1. The average Bonchev–Trinajstić information content (AvgIpc) is 3.35. The maximum atomic E-state index is 13.8. The van der Waals surface area contributed by atoms with Gasteiger partial charge < -0.3 is 85.5 Å². The molecule has 0 saturated carbocycles. The highest BCUT2D eigenvalue weighted by Gasteiger charge is 2.35. The predicted octanol–water partition coefficient (Wildman–Crippen LogP) is -5.11. The second kappa shape index (κ2) is 32.2. The van der Waals surface area contributed by atoms with Gasteiger partial charge in [0.15, 0.2) is 0 Å². The smallest absolute Gasteiger partial charge is 0.322 e. The summed E-state index contributed by atoms with van der Waals surface area (Å²) in [5.41, 5.74) is 17.9. The van der Waals surface area contributed by atoms with E-state index in [1.165, 1.54) is 45.0 Å². The molecule has 28 nitrogen and oxygen atoms in total. The van der Waals surface area contributed by atoms with Gasteiger partial charge in [0.05, 0.1) is 18.6 Å². The number of benzene rings is 2. The van der Waals surface area contributed by atoms with E-state index in [0.29, 0.717) is 24.0 Å². The van der Waals surface area contributed by atoms with Crippen LogP contribution in [0.2, 0.25) is 0 Å². The number of phenolic OH excluding ortho intramolecular Hbond substituents is 1. The Morgan fingerprint density at radius 1 is 0.513 bits per heavy atom. The number of aliphatic hydroxyl groups excluding tert-OH is 1. The zero-order chi connectivity index (χ0) is 57.2. The van der Waals surface area contributed by atoms with E-state index in [0.717, 1.165) is 6.92 Å². The fourth-order valence-electron chi connectivity index (χ4n) is 6.98. The summed E-state index contributed by atoms with van der Waals surface area (Å²) in [7, 11) is 0. The lowest BCUT2D eigenvalue weighted by atomic mass is 10.0. The highest BCUT2D eigenvalue weighted by molar-refractivity contribution is 5.99. The molecule has 28 heteroatoms. The number of amides is 10. The van der Waals surface area contributed by atoms with Crippen LogP contribution in [0.1, 0.15) is 77.3 Å². The van der Waals surface area contributed by atoms with E-state index in [-0.39, 0.29) is 44.4 Å². The Hall–Kier alpha value is -8.24. The first-order valence-corrected chi connectivity index (χ1v) is 24.1. The largest absolute Gasteiger partial charge is 0.508 e. The van der Waals surface area contributed by atoms with E-state index in [9.17, 15) is 72.9 Å². The van der Waals surface area contributed by atoms with Crippen molar-refractivity contribution in [2.24, 2.45) is 17.2 Å². The molecular formula is C48H70N12O16. The van der Waals surface area contributed by atoms with Crippen molar-refractivity contribution < 1.29 is 78.0 Å². The molecule has 0 unspecified atom stereocenters. The van der Waals surface area contributed by atoms with Crippen LogP contribution < -0.4 is 65.1 Å². The van der Waals surface area contributed by atoms with Gasteiger partial charge in [0.1, 0.15) is 60.6 Å². The van der Waals surface area contributed by atoms with Crippen molar-refractivity contribution in [1.82, 2.24) is 47.9 Å². The van der Waals surface area contributed by atoms with Gasteiger partial charge in [-0.3, -0.25) is 57.5 Å². The van der Waals surface area contributed by atoms with E-state index in [1.807, 2.05) is 0 Å². The number of unbranched alkanes of at least 4 members (excludes halogenated alkanes) is 1. The normalized spacial score (nSPS) is 14.8. The van der Waals surface area contributed by atoms with Gasteiger partial charge in [0.25, 0.3) is 0 Å². The molecule has 2 aromatic carbocycles. The molecule has 10 amide bonds. The van der Waals surface area contributed by atoms with Crippen LogP contribution >= 0.6 is 0 Å². The zero-order valence-electron chi connectivity index (χ0n) is 42.5. The number of phenols is 1. The van der Waals surface area contributed by atoms with Crippen molar-refractivity contribution in [1.29, 1.82) is 0 Å². The van der Waals surface area contributed by atoms with E-state index in [4.69, 9.17) is 22.3 Å². The number of hydrogen-bond donors (Lipinski definition) is 16. The summed E-state index contributed by atoms with van der Waals surface area (Å²) in [6.45, 7) is 4.36. The van der Waals surface area contributed by atoms with Crippen molar-refractivity contribution in [2.45, 2.75) is 140 Å². The number of primary amides is 1. The van der Waals surface area contributed by atoms with Crippen molar-refractivity contribution in [3.05, 3.63) is 65.7 Å². The molecule has 0 fully saturated rings. The fraction of sp³-hybridized carbons (Fsp3) is 0.500. The number of carboxylic acid groups (broad SMARTS) is 2. The zero-order valence-corrected chi connectivity index (χ0v) is 42.5. The van der Waals surface area contributed by atoms with Crippen LogP contribution in [0.25, 0.3) is 0 Å². The third kappa shape index (κ3) is 23.3. The number of hydrogen-bond acceptors (Lipinski definition) is 16. The first-order chi connectivity index (χ1) is 35.7. The van der Waals surface area contributed by atoms with Crippen LogP contribution in [0.3, 0.4) is 0 Å². The molecule has 2 rings (SSSR count). The molecule has 0 aliphatic rings. The topological polar surface area (TPSA) is 472 Å². The molecule has 0 radical (unpaired) electrons. The number of rotatable bonds is 33. The van der Waals surface area contributed by atoms with Crippen molar-refractivity contribution >= 4 is 71.0 Å². The van der Waals surface area contributed by atoms with E-state index in [2.05, 4.69) is 47.9 Å². The number of nitrogens with two attached hydrogens (primary N) is 3. The lowest BCUT2D eigenvalue weighted by molar-refractivity contribution is -0.142. The van der Waals surface area contributed by atoms with Gasteiger partial charge in [-0.1, -0.05) is 42.5 Å². The summed E-state index contributed by atoms with van der Waals surface area (Å²) in [6.07, 6.45) is -2.77. The third-order valence-corrected chi connectivity index (χ3v) is 11.3. The fourth-order valence-corrected chi connectivity index (χ4v) is 6.98. The Labute approximate surface area is 437 Å². The van der Waals surface area contributed by atoms with Crippen LogP contribution in [0, 0.1) is 0 Å². The molecule has 0 heterocycles. The van der Waals surface area contributed by atoms with Crippen molar-refractivity contribution in [3.63, 3.8) is 0 Å². The summed E-state index contributed by atoms with van der Waals surface area (Å²) >= 11 is 0. The number of carboxylic acids is 2. The first-order valence-electron chi connectivity index (χ1n) is 24.1. The molecule has 0 spiro atoms. The van der Waals surface area contributed by atoms with E-state index < -0.39 is 144 Å². The summed E-state index contributed by atoms with van der Waals surface area (Å²) < 4.78 is 0. The number of aliphatic carboxylic acids is 2. The number of aromatic hydroxyl groups is 1. The summed E-state index contributed by atoms with van der Waals surface area (Å²) in [5.74, 6) is -12.5. The maximum Gasteiger partial charge on any atom is 0.322 e. The molecule has 0 aliphatic carbocycles. The molecule has 0 saturated heterocycles. The predicted molar refractivity (Wildman–Crippen MR) is 268 cm³/mol. The van der Waals surface area contributed by atoms with E-state index >= 15 is 0 Å². The molecule has 10 atom stereocenters. The van der Waals surface area contributed by atoms with Crippen LogP contribution in [0.5, 0.6) is 5.75 Å². The molecular weight excluding hydrogens is 1000 g/mol. The maximum absolute atomic E-state index is 13.8. The minimum Gasteiger partial charge on any atom is -0.508 e. The lowest BCUT2D eigenvalue weighted by Crippen LogP contribution is -2.61. The second-order valence-corrected chi connectivity index (χ2v) is 17.8. The van der Waals surface area contributed by atoms with E-state index in [1.54, 1.807) is 30.3 Å². The summed E-state index contributed by atoms with van der Waals surface area (Å²) in [6, 6.07) is 0.712. The minimum atomic E-state index is -1.89. The van der Waals surface area contributed by atoms with Gasteiger partial charge >= 0.3 is 11.9 Å². The average molecular weight is 1070 g/mol. The summed E-state index contributed by atoms with van der Waals surface area (Å²) in [5, 5.41) is 59.7.